The van der Waals surface area contributed by atoms with Crippen LogP contribution in [0.3, 0.4) is 0 Å². The second kappa shape index (κ2) is 8.24. The number of nitrogens with one attached hydrogen (secondary N) is 1. The largest absolute Gasteiger partial charge is 0.497 e. The second-order valence-electron chi connectivity index (χ2n) is 7.18. The molecule has 2 saturated heterocycles. The lowest BCUT2D eigenvalue weighted by molar-refractivity contribution is -0.130. The maximum Gasteiger partial charge on any atom is 0.240 e. The van der Waals surface area contributed by atoms with Gasteiger partial charge in [0.05, 0.1) is 19.8 Å². The molecule has 3 rings (SSSR count). The highest BCUT2D eigenvalue weighted by atomic mass is 16.5. The van der Waals surface area contributed by atoms with Crippen LogP contribution in [-0.2, 0) is 16.1 Å². The van der Waals surface area contributed by atoms with Crippen molar-refractivity contribution >= 4 is 5.91 Å². The van der Waals surface area contributed by atoms with E-state index in [1.807, 2.05) is 18.2 Å². The topological polar surface area (TPSA) is 86.1 Å². The smallest absolute Gasteiger partial charge is 0.240 e. The minimum Gasteiger partial charge on any atom is -0.497 e. The Morgan fingerprint density at radius 1 is 1.27 bits per heavy atom. The number of nitrogens with two attached hydrogens (primary N) is 1. The predicted molar refractivity (Wildman–Crippen MR) is 98.3 cm³/mol. The molecule has 3 N–H and O–H groups in total. The van der Waals surface area contributed by atoms with Gasteiger partial charge >= 0.3 is 0 Å². The number of carbonyl (C=O) groups is 1. The third-order valence-electron chi connectivity index (χ3n) is 5.26. The zero-order valence-corrected chi connectivity index (χ0v) is 15.6. The lowest BCUT2D eigenvalue weighted by Gasteiger charge is -2.33. The molecule has 144 valence electrons. The standard InChI is InChI=1S/C19H29N3O4/c1-24-16-9-14(10-17(11-16)25-2)12-22-6-3-15(13-22)21-18(23)19(20)4-7-26-8-5-19/h9-11,15H,3-8,12-13,20H2,1-2H3,(H,21,23). The Balaban J connectivity index is 1.55. The molecule has 0 radical (unpaired) electrons. The van der Waals surface area contributed by atoms with Crippen molar-refractivity contribution in [2.24, 2.45) is 5.73 Å². The molecule has 0 spiro atoms. The Bertz CT molecular complexity index is 609. The molecule has 26 heavy (non-hydrogen) atoms. The summed E-state index contributed by atoms with van der Waals surface area (Å²) in [6.07, 6.45) is 2.09. The molecule has 1 aromatic carbocycles. The van der Waals surface area contributed by atoms with Crippen LogP contribution < -0.4 is 20.5 Å². The van der Waals surface area contributed by atoms with Crippen LogP contribution >= 0.6 is 0 Å². The zero-order chi connectivity index (χ0) is 18.6. The van der Waals surface area contributed by atoms with Gasteiger partial charge in [-0.3, -0.25) is 9.69 Å². The van der Waals surface area contributed by atoms with Gasteiger partial charge in [-0.1, -0.05) is 0 Å². The fourth-order valence-corrected chi connectivity index (χ4v) is 3.60. The summed E-state index contributed by atoms with van der Waals surface area (Å²) >= 11 is 0. The van der Waals surface area contributed by atoms with E-state index in [1.54, 1.807) is 14.2 Å². The van der Waals surface area contributed by atoms with Crippen LogP contribution in [0.5, 0.6) is 11.5 Å². The summed E-state index contributed by atoms with van der Waals surface area (Å²) in [5.41, 5.74) is 6.62. The molecule has 0 aliphatic carbocycles. The summed E-state index contributed by atoms with van der Waals surface area (Å²) in [4.78, 5) is 14.9. The quantitative estimate of drug-likeness (QED) is 0.781. The summed E-state index contributed by atoms with van der Waals surface area (Å²) in [6.45, 7) is 3.65. The van der Waals surface area contributed by atoms with Crippen molar-refractivity contribution in [3.05, 3.63) is 23.8 Å². The lowest BCUT2D eigenvalue weighted by Crippen LogP contribution is -2.58. The summed E-state index contributed by atoms with van der Waals surface area (Å²) in [6, 6.07) is 6.04. The van der Waals surface area contributed by atoms with Gasteiger partial charge in [0.2, 0.25) is 5.91 Å². The fourth-order valence-electron chi connectivity index (χ4n) is 3.60. The second-order valence-corrected chi connectivity index (χ2v) is 7.18. The Hall–Kier alpha value is -1.83. The van der Waals surface area contributed by atoms with E-state index in [2.05, 4.69) is 10.2 Å². The molecule has 0 aromatic heterocycles. The molecule has 2 heterocycles. The first kappa shape index (κ1) is 18.9. The van der Waals surface area contributed by atoms with Crippen LogP contribution in [0.4, 0.5) is 0 Å². The molecule has 0 bridgehead atoms. The molecule has 1 atom stereocenters. The fraction of sp³-hybridized carbons (Fsp3) is 0.632. The normalized spacial score (nSPS) is 22.8. The Kier molecular flexibility index (Phi) is 6.01. The van der Waals surface area contributed by atoms with Gasteiger partial charge in [-0.25, -0.2) is 0 Å². The van der Waals surface area contributed by atoms with Crippen molar-refractivity contribution in [1.29, 1.82) is 0 Å². The number of likely N-dealkylation sites (tertiary alicyclic amines) is 1. The van der Waals surface area contributed by atoms with E-state index >= 15 is 0 Å². The molecule has 2 aliphatic rings. The van der Waals surface area contributed by atoms with Gasteiger partial charge in [0.25, 0.3) is 0 Å². The number of benzene rings is 1. The van der Waals surface area contributed by atoms with E-state index in [0.717, 1.165) is 43.1 Å². The highest BCUT2D eigenvalue weighted by Crippen LogP contribution is 2.25. The molecule has 7 heteroatoms. The first-order valence-electron chi connectivity index (χ1n) is 9.14. The van der Waals surface area contributed by atoms with Gasteiger partial charge in [0.15, 0.2) is 0 Å². The number of hydrogen-bond acceptors (Lipinski definition) is 6. The van der Waals surface area contributed by atoms with Crippen molar-refractivity contribution in [3.63, 3.8) is 0 Å². The van der Waals surface area contributed by atoms with Crippen molar-refractivity contribution in [1.82, 2.24) is 10.2 Å². The monoisotopic (exact) mass is 363 g/mol. The number of nitrogens with zero attached hydrogens (tertiary/aromatic N) is 1. The lowest BCUT2D eigenvalue weighted by atomic mass is 9.90. The maximum atomic E-state index is 12.6. The van der Waals surface area contributed by atoms with Crippen molar-refractivity contribution in [2.75, 3.05) is 40.5 Å². The molecular formula is C19H29N3O4. The summed E-state index contributed by atoms with van der Waals surface area (Å²) in [5, 5.41) is 3.14. The van der Waals surface area contributed by atoms with E-state index in [0.29, 0.717) is 26.1 Å². The summed E-state index contributed by atoms with van der Waals surface area (Å²) < 4.78 is 16.0. The molecule has 2 fully saturated rings. The average molecular weight is 363 g/mol. The van der Waals surface area contributed by atoms with Crippen LogP contribution in [0.15, 0.2) is 18.2 Å². The number of methoxy groups -OCH3 is 2. The molecule has 1 aromatic rings. The third-order valence-corrected chi connectivity index (χ3v) is 5.26. The molecular weight excluding hydrogens is 334 g/mol. The average Bonchev–Trinajstić information content (AvgIpc) is 3.08. The van der Waals surface area contributed by atoms with Crippen LogP contribution in [-0.4, -0.2) is 62.9 Å². The van der Waals surface area contributed by atoms with Crippen molar-refractivity contribution in [2.45, 2.75) is 37.4 Å². The SMILES string of the molecule is COc1cc(CN2CCC(NC(=O)C3(N)CCOCC3)C2)cc(OC)c1. The number of carbonyl (C=O) groups excluding carboxylic acids is 1. The molecule has 0 saturated carbocycles. The zero-order valence-electron chi connectivity index (χ0n) is 15.6. The Morgan fingerprint density at radius 3 is 2.54 bits per heavy atom. The van der Waals surface area contributed by atoms with Crippen molar-refractivity contribution < 1.29 is 19.0 Å². The first-order chi connectivity index (χ1) is 12.5. The maximum absolute atomic E-state index is 12.6. The molecule has 1 amide bonds. The number of rotatable bonds is 6. The highest BCUT2D eigenvalue weighted by Gasteiger charge is 2.37. The molecule has 7 nitrogen and oxygen atoms in total. The van der Waals surface area contributed by atoms with Gasteiger partial charge in [-0.15, -0.1) is 0 Å². The first-order valence-corrected chi connectivity index (χ1v) is 9.14. The van der Waals surface area contributed by atoms with Gasteiger partial charge in [0, 0.05) is 45.0 Å². The number of amides is 1. The Labute approximate surface area is 154 Å². The highest BCUT2D eigenvalue weighted by molar-refractivity contribution is 5.86. The number of ether oxygens (including phenoxy) is 3. The van der Waals surface area contributed by atoms with Crippen LogP contribution in [0.1, 0.15) is 24.8 Å². The van der Waals surface area contributed by atoms with E-state index in [9.17, 15) is 4.79 Å². The summed E-state index contributed by atoms with van der Waals surface area (Å²) in [5.74, 6) is 1.52. The van der Waals surface area contributed by atoms with Crippen LogP contribution in [0, 0.1) is 0 Å². The minimum absolute atomic E-state index is 0.0456. The van der Waals surface area contributed by atoms with E-state index in [4.69, 9.17) is 19.9 Å². The number of hydrogen-bond donors (Lipinski definition) is 2. The van der Waals surface area contributed by atoms with Gasteiger partial charge < -0.3 is 25.3 Å². The Morgan fingerprint density at radius 2 is 1.92 bits per heavy atom. The predicted octanol–water partition coefficient (Wildman–Crippen LogP) is 0.902. The van der Waals surface area contributed by atoms with Crippen molar-refractivity contribution in [3.8, 4) is 11.5 Å². The van der Waals surface area contributed by atoms with Crippen LogP contribution in [0.25, 0.3) is 0 Å². The summed E-state index contributed by atoms with van der Waals surface area (Å²) in [7, 11) is 3.30. The van der Waals surface area contributed by atoms with Gasteiger partial charge in [0.1, 0.15) is 11.5 Å². The minimum atomic E-state index is -0.786. The van der Waals surface area contributed by atoms with Crippen LogP contribution in [0.2, 0.25) is 0 Å². The van der Waals surface area contributed by atoms with E-state index in [-0.39, 0.29) is 11.9 Å². The van der Waals surface area contributed by atoms with E-state index in [1.165, 1.54) is 0 Å². The molecule has 2 aliphatic heterocycles. The van der Waals surface area contributed by atoms with Gasteiger partial charge in [-0.05, 0) is 37.0 Å². The molecule has 1 unspecified atom stereocenters. The van der Waals surface area contributed by atoms with E-state index < -0.39 is 5.54 Å². The van der Waals surface area contributed by atoms with Gasteiger partial charge in [-0.2, -0.15) is 0 Å². The third kappa shape index (κ3) is 4.47.